The first-order valence-electron chi connectivity index (χ1n) is 6.00. The zero-order valence-corrected chi connectivity index (χ0v) is 11.5. The number of nitro benzene ring substituents is 1. The lowest BCUT2D eigenvalue weighted by atomic mass is 10.0. The Hall–Kier alpha value is -2.80. The average Bonchev–Trinajstić information content (AvgIpc) is 2.85. The highest BCUT2D eigenvalue weighted by molar-refractivity contribution is 7.22. The molecule has 7 heteroatoms. The number of non-ortho nitro benzene ring substituents is 1. The lowest BCUT2D eigenvalue weighted by Crippen LogP contribution is -2.01. The maximum absolute atomic E-state index is 12.4. The van der Waals surface area contributed by atoms with Crippen LogP contribution in [0.25, 0.3) is 10.2 Å². The van der Waals surface area contributed by atoms with Gasteiger partial charge in [0.15, 0.2) is 10.9 Å². The molecule has 0 aliphatic carbocycles. The molecule has 0 aliphatic rings. The summed E-state index contributed by atoms with van der Waals surface area (Å²) in [5.41, 5.74) is 6.98. The molecule has 3 aromatic rings. The molecule has 0 bridgehead atoms. The van der Waals surface area contributed by atoms with Gasteiger partial charge in [0.1, 0.15) is 0 Å². The summed E-state index contributed by atoms with van der Waals surface area (Å²) in [6.45, 7) is 0. The summed E-state index contributed by atoms with van der Waals surface area (Å²) in [5.74, 6) is -0.271. The highest BCUT2D eigenvalue weighted by Crippen LogP contribution is 2.26. The maximum atomic E-state index is 12.4. The van der Waals surface area contributed by atoms with Crippen molar-refractivity contribution in [2.75, 3.05) is 5.73 Å². The minimum Gasteiger partial charge on any atom is -0.375 e. The van der Waals surface area contributed by atoms with E-state index in [2.05, 4.69) is 4.98 Å². The second kappa shape index (κ2) is 4.95. The summed E-state index contributed by atoms with van der Waals surface area (Å²) in [6.07, 6.45) is 0. The minimum absolute atomic E-state index is 0.107. The number of hydrogen-bond acceptors (Lipinski definition) is 6. The number of nitrogen functional groups attached to an aromatic ring is 1. The lowest BCUT2D eigenvalue weighted by Gasteiger charge is -2.01. The molecule has 0 spiro atoms. The van der Waals surface area contributed by atoms with E-state index in [0.717, 1.165) is 10.2 Å². The van der Waals surface area contributed by atoms with Crippen LogP contribution in [0.2, 0.25) is 0 Å². The molecule has 3 rings (SSSR count). The first kappa shape index (κ1) is 13.2. The molecule has 0 saturated heterocycles. The molecule has 1 aromatic heterocycles. The van der Waals surface area contributed by atoms with Crippen molar-refractivity contribution in [3.63, 3.8) is 0 Å². The highest BCUT2D eigenvalue weighted by atomic mass is 32.1. The lowest BCUT2D eigenvalue weighted by molar-refractivity contribution is -0.384. The number of anilines is 1. The molecule has 0 fully saturated rings. The number of hydrogen-bond donors (Lipinski definition) is 1. The molecule has 21 heavy (non-hydrogen) atoms. The van der Waals surface area contributed by atoms with Crippen molar-refractivity contribution in [1.29, 1.82) is 0 Å². The Kier molecular flexibility index (Phi) is 3.11. The van der Waals surface area contributed by atoms with E-state index < -0.39 is 4.92 Å². The predicted octanol–water partition coefficient (Wildman–Crippen LogP) is 3.02. The van der Waals surface area contributed by atoms with Gasteiger partial charge in [-0.25, -0.2) is 4.98 Å². The SMILES string of the molecule is Nc1nc2ccc(C(=O)c3cccc([N+](=O)[O-])c3)cc2s1. The third-order valence-electron chi connectivity index (χ3n) is 2.99. The third kappa shape index (κ3) is 2.46. The molecule has 6 nitrogen and oxygen atoms in total. The monoisotopic (exact) mass is 299 g/mol. The van der Waals surface area contributed by atoms with Gasteiger partial charge in [-0.05, 0) is 18.2 Å². The summed E-state index contributed by atoms with van der Waals surface area (Å²) in [4.78, 5) is 26.8. The van der Waals surface area contributed by atoms with Crippen LogP contribution in [0.5, 0.6) is 0 Å². The molecule has 104 valence electrons. The quantitative estimate of drug-likeness (QED) is 0.455. The molecular formula is C14H9N3O3S. The first-order valence-corrected chi connectivity index (χ1v) is 6.81. The van der Waals surface area contributed by atoms with E-state index in [-0.39, 0.29) is 17.0 Å². The average molecular weight is 299 g/mol. The van der Waals surface area contributed by atoms with Gasteiger partial charge < -0.3 is 5.73 Å². The fourth-order valence-electron chi connectivity index (χ4n) is 2.01. The largest absolute Gasteiger partial charge is 0.375 e. The minimum atomic E-state index is -0.524. The van der Waals surface area contributed by atoms with E-state index in [4.69, 9.17) is 5.73 Å². The van der Waals surface area contributed by atoms with Crippen LogP contribution in [-0.2, 0) is 0 Å². The summed E-state index contributed by atoms with van der Waals surface area (Å²) >= 11 is 1.29. The third-order valence-corrected chi connectivity index (χ3v) is 3.83. The fourth-order valence-corrected chi connectivity index (χ4v) is 2.78. The topological polar surface area (TPSA) is 99.1 Å². The van der Waals surface area contributed by atoms with Gasteiger partial charge in [0, 0.05) is 23.3 Å². The van der Waals surface area contributed by atoms with Gasteiger partial charge in [0.2, 0.25) is 0 Å². The van der Waals surface area contributed by atoms with Gasteiger partial charge in [-0.2, -0.15) is 0 Å². The van der Waals surface area contributed by atoms with Gasteiger partial charge in [0.05, 0.1) is 15.1 Å². The van der Waals surface area contributed by atoms with Gasteiger partial charge in [-0.15, -0.1) is 0 Å². The van der Waals surface area contributed by atoms with E-state index >= 15 is 0 Å². The Morgan fingerprint density at radius 2 is 1.95 bits per heavy atom. The Bertz CT molecular complexity index is 873. The van der Waals surface area contributed by atoms with Crippen LogP contribution in [0.1, 0.15) is 15.9 Å². The summed E-state index contributed by atoms with van der Waals surface area (Å²) in [6, 6.07) is 10.7. The zero-order valence-electron chi connectivity index (χ0n) is 10.6. The van der Waals surface area contributed by atoms with Gasteiger partial charge >= 0.3 is 0 Å². The van der Waals surface area contributed by atoms with Crippen LogP contribution in [0.15, 0.2) is 42.5 Å². The smallest absolute Gasteiger partial charge is 0.270 e. The molecule has 0 radical (unpaired) electrons. The number of rotatable bonds is 3. The van der Waals surface area contributed by atoms with Crippen LogP contribution < -0.4 is 5.73 Å². The number of nitrogens with zero attached hydrogens (tertiary/aromatic N) is 2. The number of nitrogens with two attached hydrogens (primary N) is 1. The summed E-state index contributed by atoms with van der Waals surface area (Å²) < 4.78 is 0.809. The zero-order chi connectivity index (χ0) is 15.0. The van der Waals surface area contributed by atoms with E-state index in [1.807, 2.05) is 0 Å². The Morgan fingerprint density at radius 1 is 1.19 bits per heavy atom. The second-order valence-electron chi connectivity index (χ2n) is 4.37. The van der Waals surface area contributed by atoms with E-state index in [1.165, 1.54) is 29.5 Å². The van der Waals surface area contributed by atoms with E-state index in [0.29, 0.717) is 10.7 Å². The maximum Gasteiger partial charge on any atom is 0.270 e. The number of fused-ring (bicyclic) bond motifs is 1. The number of carbonyl (C=O) groups excluding carboxylic acids is 1. The number of thiazole rings is 1. The van der Waals surface area contributed by atoms with Crippen molar-refractivity contribution >= 4 is 38.2 Å². The van der Waals surface area contributed by atoms with Gasteiger partial charge in [0.25, 0.3) is 5.69 Å². The van der Waals surface area contributed by atoms with Crippen molar-refractivity contribution in [2.24, 2.45) is 0 Å². The van der Waals surface area contributed by atoms with Crippen molar-refractivity contribution in [3.8, 4) is 0 Å². The fraction of sp³-hybridized carbons (Fsp3) is 0. The van der Waals surface area contributed by atoms with Gasteiger partial charge in [-0.1, -0.05) is 23.5 Å². The molecule has 0 unspecified atom stereocenters. The van der Waals surface area contributed by atoms with Crippen LogP contribution in [0.3, 0.4) is 0 Å². The number of nitro groups is 1. The molecule has 1 heterocycles. The Labute approximate surface area is 123 Å². The molecule has 0 amide bonds. The van der Waals surface area contributed by atoms with E-state index in [9.17, 15) is 14.9 Å². The number of carbonyl (C=O) groups is 1. The molecule has 2 aromatic carbocycles. The molecule has 2 N–H and O–H groups in total. The van der Waals surface area contributed by atoms with Crippen LogP contribution in [-0.4, -0.2) is 15.7 Å². The Morgan fingerprint density at radius 3 is 2.71 bits per heavy atom. The highest BCUT2D eigenvalue weighted by Gasteiger charge is 2.14. The van der Waals surface area contributed by atoms with Crippen LogP contribution >= 0.6 is 11.3 Å². The standard InChI is InChI=1S/C14H9N3O3S/c15-14-16-11-5-4-9(7-12(11)21-14)13(18)8-2-1-3-10(6-8)17(19)20/h1-7H,(H2,15,16). The molecular weight excluding hydrogens is 290 g/mol. The van der Waals surface area contributed by atoms with Crippen molar-refractivity contribution in [2.45, 2.75) is 0 Å². The van der Waals surface area contributed by atoms with E-state index in [1.54, 1.807) is 24.3 Å². The normalized spacial score (nSPS) is 10.7. The summed E-state index contributed by atoms with van der Waals surface area (Å²) in [7, 11) is 0. The number of ketones is 1. The summed E-state index contributed by atoms with van der Waals surface area (Å²) in [5, 5.41) is 11.2. The molecule has 0 saturated carbocycles. The molecule has 0 aliphatic heterocycles. The van der Waals surface area contributed by atoms with Crippen molar-refractivity contribution in [3.05, 3.63) is 63.7 Å². The number of aromatic nitrogens is 1. The van der Waals surface area contributed by atoms with Crippen LogP contribution in [0.4, 0.5) is 10.8 Å². The molecule has 0 atom stereocenters. The van der Waals surface area contributed by atoms with Crippen molar-refractivity contribution in [1.82, 2.24) is 4.98 Å². The van der Waals surface area contributed by atoms with Gasteiger partial charge in [-0.3, -0.25) is 14.9 Å². The predicted molar refractivity (Wildman–Crippen MR) is 80.6 cm³/mol. The van der Waals surface area contributed by atoms with Crippen molar-refractivity contribution < 1.29 is 9.72 Å². The first-order chi connectivity index (χ1) is 10.0. The number of benzene rings is 2. The van der Waals surface area contributed by atoms with Crippen LogP contribution in [0, 0.1) is 10.1 Å². The second-order valence-corrected chi connectivity index (χ2v) is 5.43. The Balaban J connectivity index is 2.03.